The molecular formula is C21H20N6O2. The molecule has 0 atom stereocenters. The Kier molecular flexibility index (Phi) is 5.07. The maximum Gasteiger partial charge on any atom is 0.260 e. The summed E-state index contributed by atoms with van der Waals surface area (Å²) in [6.45, 7) is 2.30. The third-order valence-electron chi connectivity index (χ3n) is 4.52. The average Bonchev–Trinajstić information content (AvgIpc) is 3.29. The van der Waals surface area contributed by atoms with E-state index in [0.29, 0.717) is 12.1 Å². The first-order valence-corrected chi connectivity index (χ1v) is 9.19. The van der Waals surface area contributed by atoms with Crippen LogP contribution in [-0.4, -0.2) is 31.6 Å². The van der Waals surface area contributed by atoms with Gasteiger partial charge in [0.2, 0.25) is 11.9 Å². The number of aryl methyl sites for hydroxylation is 1. The molecule has 0 saturated carbocycles. The van der Waals surface area contributed by atoms with E-state index in [4.69, 9.17) is 0 Å². The first kappa shape index (κ1) is 18.4. The number of nitrogens with one attached hydrogen (secondary N) is 3. The molecule has 0 radical (unpaired) electrons. The molecule has 0 aliphatic carbocycles. The minimum absolute atomic E-state index is 0.0157. The van der Waals surface area contributed by atoms with Crippen LogP contribution in [0.15, 0.2) is 60.9 Å². The van der Waals surface area contributed by atoms with E-state index in [1.54, 1.807) is 0 Å². The van der Waals surface area contributed by atoms with E-state index in [1.165, 1.54) is 11.0 Å². The van der Waals surface area contributed by atoms with E-state index in [9.17, 15) is 9.59 Å². The molecule has 0 aliphatic rings. The van der Waals surface area contributed by atoms with E-state index in [0.717, 1.165) is 22.2 Å². The van der Waals surface area contributed by atoms with Crippen molar-refractivity contribution in [3.8, 4) is 0 Å². The van der Waals surface area contributed by atoms with Gasteiger partial charge in [0.05, 0.1) is 5.56 Å². The van der Waals surface area contributed by atoms with Crippen LogP contribution in [0, 0.1) is 6.92 Å². The molecule has 146 valence electrons. The zero-order chi connectivity index (χ0) is 20.2. The van der Waals surface area contributed by atoms with Crippen LogP contribution < -0.4 is 10.6 Å². The smallest absolute Gasteiger partial charge is 0.260 e. The van der Waals surface area contributed by atoms with Gasteiger partial charge in [-0.25, -0.2) is 9.67 Å². The first-order valence-electron chi connectivity index (χ1n) is 9.19. The molecule has 2 heterocycles. The Hall–Kier alpha value is -3.94. The summed E-state index contributed by atoms with van der Waals surface area (Å²) >= 11 is 0. The molecule has 0 fully saturated rings. The normalized spacial score (nSPS) is 10.8. The Morgan fingerprint density at radius 3 is 2.66 bits per heavy atom. The molecule has 8 nitrogen and oxygen atoms in total. The molecule has 2 aromatic heterocycles. The number of carbonyl (C=O) groups excluding carboxylic acids is 2. The topological polar surface area (TPSA) is 105 Å². The zero-order valence-corrected chi connectivity index (χ0v) is 15.8. The van der Waals surface area contributed by atoms with Crippen LogP contribution in [0.3, 0.4) is 0 Å². The lowest BCUT2D eigenvalue weighted by Crippen LogP contribution is -2.27. The van der Waals surface area contributed by atoms with Crippen molar-refractivity contribution in [1.82, 2.24) is 25.1 Å². The summed E-state index contributed by atoms with van der Waals surface area (Å²) in [7, 11) is 0. The molecule has 0 aliphatic heterocycles. The Morgan fingerprint density at radius 2 is 1.83 bits per heavy atom. The van der Waals surface area contributed by atoms with Gasteiger partial charge >= 0.3 is 0 Å². The maximum absolute atomic E-state index is 12.7. The Morgan fingerprint density at radius 1 is 1.07 bits per heavy atom. The number of benzene rings is 2. The number of H-pyrrole nitrogens is 1. The summed E-state index contributed by atoms with van der Waals surface area (Å²) in [4.78, 5) is 32.1. The van der Waals surface area contributed by atoms with Crippen molar-refractivity contribution in [3.05, 3.63) is 77.7 Å². The fraction of sp³-hybridized carbons (Fsp3) is 0.143. The summed E-state index contributed by atoms with van der Waals surface area (Å²) in [5.74, 6) is -0.342. The highest BCUT2D eigenvalue weighted by Gasteiger charge is 2.17. The lowest BCUT2D eigenvalue weighted by atomic mass is 10.1. The number of fused-ring (bicyclic) bond motifs is 1. The number of amides is 2. The second-order valence-electron chi connectivity index (χ2n) is 6.65. The maximum atomic E-state index is 12.7. The van der Waals surface area contributed by atoms with Crippen molar-refractivity contribution in [2.45, 2.75) is 20.0 Å². The highest BCUT2D eigenvalue weighted by atomic mass is 16.2. The van der Waals surface area contributed by atoms with Crippen molar-refractivity contribution >= 4 is 28.7 Å². The van der Waals surface area contributed by atoms with Gasteiger partial charge < -0.3 is 10.3 Å². The standard InChI is InChI=1S/C21H20N6O2/c1-14-19(16-9-5-6-10-17(16)24-14)20(29)25-21-23-13-27(26-21)12-18(28)22-11-15-7-3-2-4-8-15/h2-10,13,24H,11-12H2,1H3,(H,22,28)(H,25,26,29). The molecule has 29 heavy (non-hydrogen) atoms. The number of rotatable bonds is 6. The van der Waals surface area contributed by atoms with Gasteiger partial charge in [0.15, 0.2) is 0 Å². The number of aromatic nitrogens is 4. The molecule has 2 amide bonds. The zero-order valence-electron chi connectivity index (χ0n) is 15.8. The number of carbonyl (C=O) groups is 2. The number of nitrogens with zero attached hydrogens (tertiary/aromatic N) is 3. The van der Waals surface area contributed by atoms with Crippen molar-refractivity contribution < 1.29 is 9.59 Å². The molecule has 3 N–H and O–H groups in total. The molecule has 0 spiro atoms. The van der Waals surface area contributed by atoms with Crippen LogP contribution in [0.2, 0.25) is 0 Å². The monoisotopic (exact) mass is 388 g/mol. The second kappa shape index (κ2) is 7.97. The Balaban J connectivity index is 1.38. The summed E-state index contributed by atoms with van der Waals surface area (Å²) < 4.78 is 1.39. The quantitative estimate of drug-likeness (QED) is 0.472. The third-order valence-corrected chi connectivity index (χ3v) is 4.52. The van der Waals surface area contributed by atoms with Crippen molar-refractivity contribution in [2.75, 3.05) is 5.32 Å². The van der Waals surface area contributed by atoms with Crippen molar-refractivity contribution in [3.63, 3.8) is 0 Å². The van der Waals surface area contributed by atoms with Crippen molar-refractivity contribution in [2.24, 2.45) is 0 Å². The number of anilines is 1. The SMILES string of the molecule is Cc1[nH]c2ccccc2c1C(=O)Nc1ncn(CC(=O)NCc2ccccc2)n1. The summed E-state index contributed by atoms with van der Waals surface area (Å²) in [6.07, 6.45) is 1.42. The van der Waals surface area contributed by atoms with Gasteiger partial charge in [0, 0.05) is 23.1 Å². The van der Waals surface area contributed by atoms with E-state index in [1.807, 2.05) is 61.5 Å². The predicted octanol–water partition coefficient (Wildman–Crippen LogP) is 2.64. The molecule has 4 rings (SSSR count). The number of hydrogen-bond acceptors (Lipinski definition) is 4. The van der Waals surface area contributed by atoms with Gasteiger partial charge in [-0.15, -0.1) is 5.10 Å². The number of aromatic amines is 1. The van der Waals surface area contributed by atoms with E-state index in [-0.39, 0.29) is 24.3 Å². The molecular weight excluding hydrogens is 368 g/mol. The highest BCUT2D eigenvalue weighted by molar-refractivity contribution is 6.13. The Labute approximate surface area is 167 Å². The van der Waals surface area contributed by atoms with Crippen LogP contribution in [-0.2, 0) is 17.9 Å². The van der Waals surface area contributed by atoms with Gasteiger partial charge in [0.25, 0.3) is 5.91 Å². The molecule has 4 aromatic rings. The fourth-order valence-electron chi connectivity index (χ4n) is 3.16. The van der Waals surface area contributed by atoms with Gasteiger partial charge in [0.1, 0.15) is 12.9 Å². The van der Waals surface area contributed by atoms with Crippen LogP contribution in [0.1, 0.15) is 21.6 Å². The third kappa shape index (κ3) is 4.16. The minimum atomic E-state index is -0.300. The van der Waals surface area contributed by atoms with Gasteiger partial charge in [-0.3, -0.25) is 14.9 Å². The fourth-order valence-corrected chi connectivity index (χ4v) is 3.16. The molecule has 0 saturated heterocycles. The van der Waals surface area contributed by atoms with Crippen LogP contribution >= 0.6 is 0 Å². The molecule has 0 unspecified atom stereocenters. The van der Waals surface area contributed by atoms with Crippen LogP contribution in [0.5, 0.6) is 0 Å². The van der Waals surface area contributed by atoms with Gasteiger partial charge in [-0.2, -0.15) is 0 Å². The second-order valence-corrected chi connectivity index (χ2v) is 6.65. The van der Waals surface area contributed by atoms with Crippen molar-refractivity contribution in [1.29, 1.82) is 0 Å². The summed E-state index contributed by atoms with van der Waals surface area (Å²) in [5.41, 5.74) is 3.23. The number of hydrogen-bond donors (Lipinski definition) is 3. The lowest BCUT2D eigenvalue weighted by molar-refractivity contribution is -0.122. The molecule has 0 bridgehead atoms. The first-order chi connectivity index (χ1) is 14.1. The molecule has 8 heteroatoms. The number of para-hydroxylation sites is 1. The summed E-state index contributed by atoms with van der Waals surface area (Å²) in [5, 5.41) is 10.5. The average molecular weight is 388 g/mol. The predicted molar refractivity (Wildman–Crippen MR) is 109 cm³/mol. The Bertz CT molecular complexity index is 1160. The van der Waals surface area contributed by atoms with Crippen LogP contribution in [0.4, 0.5) is 5.95 Å². The largest absolute Gasteiger partial charge is 0.358 e. The van der Waals surface area contributed by atoms with E-state index in [2.05, 4.69) is 25.7 Å². The van der Waals surface area contributed by atoms with Gasteiger partial charge in [-0.1, -0.05) is 48.5 Å². The lowest BCUT2D eigenvalue weighted by Gasteiger charge is -2.05. The van der Waals surface area contributed by atoms with E-state index >= 15 is 0 Å². The molecule has 2 aromatic carbocycles. The minimum Gasteiger partial charge on any atom is -0.358 e. The summed E-state index contributed by atoms with van der Waals surface area (Å²) in [6, 6.07) is 17.2. The highest BCUT2D eigenvalue weighted by Crippen LogP contribution is 2.22. The van der Waals surface area contributed by atoms with Crippen LogP contribution in [0.25, 0.3) is 10.9 Å². The van der Waals surface area contributed by atoms with E-state index < -0.39 is 0 Å². The van der Waals surface area contributed by atoms with Gasteiger partial charge in [-0.05, 0) is 18.6 Å².